The molecule has 2 heterocycles. The fourth-order valence-corrected chi connectivity index (χ4v) is 6.80. The van der Waals surface area contributed by atoms with Gasteiger partial charge in [-0.05, 0) is 43.0 Å². The zero-order valence-corrected chi connectivity index (χ0v) is 18.1. The maximum Gasteiger partial charge on any atom is 0.244 e. The number of sulfonamides is 1. The molecule has 2 aromatic rings. The summed E-state index contributed by atoms with van der Waals surface area (Å²) in [6.45, 7) is 0.550. The molecule has 30 heavy (non-hydrogen) atoms. The van der Waals surface area contributed by atoms with Gasteiger partial charge in [-0.2, -0.15) is 9.57 Å². The van der Waals surface area contributed by atoms with Crippen molar-refractivity contribution in [2.24, 2.45) is 5.92 Å². The summed E-state index contributed by atoms with van der Waals surface area (Å²) in [5.74, 6) is 0.761. The van der Waals surface area contributed by atoms with E-state index in [1.54, 1.807) is 12.1 Å². The molecule has 1 atom stereocenters. The van der Waals surface area contributed by atoms with Crippen molar-refractivity contribution in [3.8, 4) is 6.07 Å². The van der Waals surface area contributed by atoms with Gasteiger partial charge in [0, 0.05) is 29.7 Å². The van der Waals surface area contributed by atoms with E-state index in [2.05, 4.69) is 17.4 Å². The lowest BCUT2D eigenvalue weighted by Gasteiger charge is -2.32. The van der Waals surface area contributed by atoms with Gasteiger partial charge >= 0.3 is 0 Å². The molecular weight excluding hydrogens is 418 g/mol. The highest BCUT2D eigenvalue weighted by atomic mass is 32.2. The fraction of sp³-hybridized carbons (Fsp3) is 0.364. The second kappa shape index (κ2) is 8.80. The van der Waals surface area contributed by atoms with E-state index in [4.69, 9.17) is 0 Å². The molecule has 8 heteroatoms. The van der Waals surface area contributed by atoms with Crippen molar-refractivity contribution in [3.05, 3.63) is 59.7 Å². The van der Waals surface area contributed by atoms with Crippen molar-refractivity contribution < 1.29 is 13.2 Å². The maximum absolute atomic E-state index is 13.0. The van der Waals surface area contributed by atoms with Gasteiger partial charge in [-0.15, -0.1) is 11.8 Å². The Kier molecular flexibility index (Phi) is 6.14. The Labute approximate surface area is 181 Å². The van der Waals surface area contributed by atoms with E-state index in [0.717, 1.165) is 17.7 Å². The van der Waals surface area contributed by atoms with Gasteiger partial charge in [0.05, 0.1) is 16.5 Å². The third-order valence-corrected chi connectivity index (χ3v) is 8.80. The Morgan fingerprint density at radius 1 is 1.07 bits per heavy atom. The van der Waals surface area contributed by atoms with E-state index >= 15 is 0 Å². The Bertz CT molecular complexity index is 1090. The average Bonchev–Trinajstić information content (AvgIpc) is 2.79. The van der Waals surface area contributed by atoms with E-state index < -0.39 is 10.0 Å². The first kappa shape index (κ1) is 20.9. The molecule has 2 aliphatic rings. The van der Waals surface area contributed by atoms with Crippen LogP contribution in [0.3, 0.4) is 0 Å². The molecule has 0 saturated carbocycles. The number of thioether (sulfide) groups is 1. The zero-order valence-electron chi connectivity index (χ0n) is 16.5. The number of benzene rings is 2. The lowest BCUT2D eigenvalue weighted by Crippen LogP contribution is -2.44. The summed E-state index contributed by atoms with van der Waals surface area (Å²) in [6.07, 6.45) is 1.84. The summed E-state index contributed by atoms with van der Waals surface area (Å²) in [7, 11) is -3.74. The van der Waals surface area contributed by atoms with Gasteiger partial charge < -0.3 is 5.32 Å². The van der Waals surface area contributed by atoms with Gasteiger partial charge in [0.2, 0.25) is 15.9 Å². The number of rotatable bonds is 4. The zero-order chi connectivity index (χ0) is 21.1. The van der Waals surface area contributed by atoms with Crippen molar-refractivity contribution in [2.75, 3.05) is 18.8 Å². The Balaban J connectivity index is 1.40. The van der Waals surface area contributed by atoms with E-state index in [0.29, 0.717) is 12.8 Å². The SMILES string of the molecule is N#Cc1ccccc1S(=O)(=O)N1CCC(C(=O)NC2CCSc3ccccc32)CC1. The number of hydrogen-bond donors (Lipinski definition) is 1. The van der Waals surface area contributed by atoms with Crippen molar-refractivity contribution in [1.82, 2.24) is 9.62 Å². The highest BCUT2D eigenvalue weighted by Gasteiger charge is 2.34. The summed E-state index contributed by atoms with van der Waals surface area (Å²) in [4.78, 5) is 14.1. The van der Waals surface area contributed by atoms with Gasteiger partial charge in [-0.3, -0.25) is 4.79 Å². The van der Waals surface area contributed by atoms with Crippen LogP contribution in [0.5, 0.6) is 0 Å². The predicted molar refractivity (Wildman–Crippen MR) is 115 cm³/mol. The number of nitrogens with one attached hydrogen (secondary N) is 1. The van der Waals surface area contributed by atoms with Gasteiger partial charge in [0.15, 0.2) is 0 Å². The van der Waals surface area contributed by atoms with Crippen LogP contribution in [-0.4, -0.2) is 37.5 Å². The molecular formula is C22H23N3O3S2. The number of amides is 1. The van der Waals surface area contributed by atoms with Crippen LogP contribution in [0.1, 0.15) is 36.4 Å². The minimum absolute atomic E-state index is 0.00354. The van der Waals surface area contributed by atoms with Crippen molar-refractivity contribution in [1.29, 1.82) is 5.26 Å². The Morgan fingerprint density at radius 3 is 2.53 bits per heavy atom. The number of piperidine rings is 1. The predicted octanol–water partition coefficient (Wildman–Crippen LogP) is 3.31. The first-order valence-corrected chi connectivity index (χ1v) is 12.4. The molecule has 1 saturated heterocycles. The molecule has 156 valence electrons. The second-order valence-corrected chi connectivity index (χ2v) is 10.6. The largest absolute Gasteiger partial charge is 0.349 e. The molecule has 0 radical (unpaired) electrons. The van der Waals surface area contributed by atoms with Gasteiger partial charge in [0.25, 0.3) is 0 Å². The minimum atomic E-state index is -3.74. The van der Waals surface area contributed by atoms with Crippen LogP contribution < -0.4 is 5.32 Å². The third kappa shape index (κ3) is 4.10. The molecule has 2 aliphatic heterocycles. The first-order valence-electron chi connectivity index (χ1n) is 10.0. The number of carbonyl (C=O) groups is 1. The van der Waals surface area contributed by atoms with E-state index in [1.165, 1.54) is 21.3 Å². The van der Waals surface area contributed by atoms with E-state index in [-0.39, 0.29) is 41.4 Å². The minimum Gasteiger partial charge on any atom is -0.349 e. The van der Waals surface area contributed by atoms with Crippen molar-refractivity contribution in [3.63, 3.8) is 0 Å². The topological polar surface area (TPSA) is 90.3 Å². The lowest BCUT2D eigenvalue weighted by molar-refractivity contribution is -0.126. The second-order valence-electron chi connectivity index (χ2n) is 7.52. The molecule has 6 nitrogen and oxygen atoms in total. The number of carbonyl (C=O) groups excluding carboxylic acids is 1. The van der Waals surface area contributed by atoms with Crippen molar-refractivity contribution in [2.45, 2.75) is 35.1 Å². The van der Waals surface area contributed by atoms with Crippen LogP contribution in [0.15, 0.2) is 58.3 Å². The number of fused-ring (bicyclic) bond motifs is 1. The van der Waals surface area contributed by atoms with Gasteiger partial charge in [-0.25, -0.2) is 8.42 Å². The highest BCUT2D eigenvalue weighted by Crippen LogP contribution is 2.36. The maximum atomic E-state index is 13.0. The summed E-state index contributed by atoms with van der Waals surface area (Å²) in [6, 6.07) is 16.4. The van der Waals surface area contributed by atoms with Crippen LogP contribution >= 0.6 is 11.8 Å². The Hall–Kier alpha value is -2.34. The first-order chi connectivity index (χ1) is 14.5. The average molecular weight is 442 g/mol. The molecule has 0 aliphatic carbocycles. The summed E-state index contributed by atoms with van der Waals surface area (Å²) in [5, 5.41) is 12.4. The number of nitriles is 1. The number of nitrogens with zero attached hydrogens (tertiary/aromatic N) is 2. The molecule has 1 unspecified atom stereocenters. The normalized spacial score (nSPS) is 20.2. The van der Waals surface area contributed by atoms with Gasteiger partial charge in [-0.1, -0.05) is 30.3 Å². The molecule has 0 aromatic heterocycles. The summed E-state index contributed by atoms with van der Waals surface area (Å²) >= 11 is 1.81. The number of hydrogen-bond acceptors (Lipinski definition) is 5. The van der Waals surface area contributed by atoms with E-state index in [1.807, 2.05) is 30.0 Å². The monoisotopic (exact) mass is 441 g/mol. The standard InChI is InChI=1S/C22H23N3O3S2/c23-15-17-5-1-4-8-21(17)30(27,28)25-12-9-16(10-13-25)22(26)24-19-11-14-29-20-7-3-2-6-18(19)20/h1-8,16,19H,9-14H2,(H,24,26). The molecule has 0 bridgehead atoms. The third-order valence-electron chi connectivity index (χ3n) is 5.73. The van der Waals surface area contributed by atoms with E-state index in [9.17, 15) is 18.5 Å². The molecule has 1 N–H and O–H groups in total. The Morgan fingerprint density at radius 2 is 1.77 bits per heavy atom. The van der Waals surface area contributed by atoms with Gasteiger partial charge in [0.1, 0.15) is 6.07 Å². The summed E-state index contributed by atoms with van der Waals surface area (Å²) in [5.41, 5.74) is 1.31. The lowest BCUT2D eigenvalue weighted by atomic mass is 9.95. The van der Waals surface area contributed by atoms with Crippen molar-refractivity contribution >= 4 is 27.7 Å². The molecule has 2 aromatic carbocycles. The van der Waals surface area contributed by atoms with Crippen LogP contribution in [0, 0.1) is 17.2 Å². The molecule has 0 spiro atoms. The van der Waals surface area contributed by atoms with Crippen LogP contribution in [0.4, 0.5) is 0 Å². The summed E-state index contributed by atoms with van der Waals surface area (Å²) < 4.78 is 27.3. The molecule has 1 amide bonds. The van der Waals surface area contributed by atoms with Crippen LogP contribution in [-0.2, 0) is 14.8 Å². The fourth-order valence-electron chi connectivity index (χ4n) is 4.06. The smallest absolute Gasteiger partial charge is 0.244 e. The highest BCUT2D eigenvalue weighted by molar-refractivity contribution is 7.99. The quantitative estimate of drug-likeness (QED) is 0.786. The molecule has 4 rings (SSSR count). The molecule has 1 fully saturated rings. The van der Waals surface area contributed by atoms with Crippen LogP contribution in [0.25, 0.3) is 0 Å². The van der Waals surface area contributed by atoms with Crippen LogP contribution in [0.2, 0.25) is 0 Å².